The van der Waals surface area contributed by atoms with Crippen molar-refractivity contribution >= 4 is 5.91 Å². The molecule has 2 aromatic carbocycles. The van der Waals surface area contributed by atoms with E-state index in [0.717, 1.165) is 41.9 Å². The molecule has 1 amide bonds. The maximum atomic E-state index is 12.4. The molecular formula is C29H35N4O2. The number of aromatic nitrogens is 2. The zero-order valence-corrected chi connectivity index (χ0v) is 20.7. The molecule has 183 valence electrons. The van der Waals surface area contributed by atoms with Gasteiger partial charge in [-0.05, 0) is 73.4 Å². The molecule has 0 bridgehead atoms. The van der Waals surface area contributed by atoms with Crippen molar-refractivity contribution in [1.29, 1.82) is 0 Å². The van der Waals surface area contributed by atoms with Gasteiger partial charge in [0.15, 0.2) is 0 Å². The van der Waals surface area contributed by atoms with E-state index in [9.17, 15) is 9.90 Å². The number of nitrogens with two attached hydrogens (primary N) is 1. The Kier molecular flexibility index (Phi) is 6.51. The van der Waals surface area contributed by atoms with Crippen molar-refractivity contribution in [2.45, 2.75) is 70.1 Å². The second kappa shape index (κ2) is 9.59. The molecule has 35 heavy (non-hydrogen) atoms. The quantitative estimate of drug-likeness (QED) is 0.509. The predicted octanol–water partition coefficient (Wildman–Crippen LogP) is 3.88. The van der Waals surface area contributed by atoms with Crippen LogP contribution in [0.5, 0.6) is 0 Å². The number of rotatable bonds is 6. The molecule has 0 spiro atoms. The molecule has 4 N–H and O–H groups in total. The van der Waals surface area contributed by atoms with Crippen LogP contribution in [0.4, 0.5) is 0 Å². The first-order chi connectivity index (χ1) is 16.8. The molecule has 2 aliphatic rings. The molecule has 1 saturated heterocycles. The molecular weight excluding hydrogens is 436 g/mol. The van der Waals surface area contributed by atoms with Crippen molar-refractivity contribution in [1.82, 2.24) is 14.9 Å². The fourth-order valence-corrected chi connectivity index (χ4v) is 6.20. The van der Waals surface area contributed by atoms with Gasteiger partial charge in [-0.3, -0.25) is 4.79 Å². The summed E-state index contributed by atoms with van der Waals surface area (Å²) >= 11 is 0. The number of benzene rings is 2. The van der Waals surface area contributed by atoms with E-state index in [-0.39, 0.29) is 29.8 Å². The van der Waals surface area contributed by atoms with Gasteiger partial charge in [0, 0.05) is 24.0 Å². The molecule has 2 heterocycles. The number of hydrogen-bond acceptors (Lipinski definition) is 4. The Hall–Kier alpha value is -2.96. The van der Waals surface area contributed by atoms with Crippen molar-refractivity contribution in [3.63, 3.8) is 0 Å². The molecule has 6 heteroatoms. The average Bonchev–Trinajstić information content (AvgIpc) is 3.44. The maximum absolute atomic E-state index is 12.4. The molecule has 3 unspecified atom stereocenters. The average molecular weight is 472 g/mol. The minimum Gasteiger partial charge on any atom is -0.389 e. The van der Waals surface area contributed by atoms with Gasteiger partial charge in [0.1, 0.15) is 5.82 Å². The van der Waals surface area contributed by atoms with Crippen molar-refractivity contribution in [3.8, 4) is 11.4 Å². The van der Waals surface area contributed by atoms with Gasteiger partial charge < -0.3 is 20.7 Å². The Balaban J connectivity index is 1.41. The van der Waals surface area contributed by atoms with Crippen molar-refractivity contribution < 1.29 is 9.90 Å². The largest absolute Gasteiger partial charge is 0.389 e. The van der Waals surface area contributed by atoms with Crippen LogP contribution in [0.2, 0.25) is 0 Å². The lowest BCUT2D eigenvalue weighted by atomic mass is 9.82. The molecule has 1 aliphatic carbocycles. The highest BCUT2D eigenvalue weighted by Crippen LogP contribution is 2.42. The summed E-state index contributed by atoms with van der Waals surface area (Å²) in [5, 5.41) is 15.1. The van der Waals surface area contributed by atoms with Crippen molar-refractivity contribution in [3.05, 3.63) is 77.1 Å². The third-order valence-electron chi connectivity index (χ3n) is 7.89. The summed E-state index contributed by atoms with van der Waals surface area (Å²) in [6, 6.07) is 15.2. The Morgan fingerprint density at radius 2 is 2.17 bits per heavy atom. The number of aryl methyl sites for hydroxylation is 1. The number of imidazole rings is 1. The molecule has 0 saturated carbocycles. The summed E-state index contributed by atoms with van der Waals surface area (Å²) < 4.78 is 2.16. The lowest BCUT2D eigenvalue weighted by molar-refractivity contribution is -0.120. The van der Waals surface area contributed by atoms with Crippen molar-refractivity contribution in [2.24, 2.45) is 11.7 Å². The lowest BCUT2D eigenvalue weighted by Gasteiger charge is -2.38. The first-order valence-electron chi connectivity index (χ1n) is 12.7. The number of aliphatic hydroxyl groups excluding tert-OH is 1. The molecule has 5 atom stereocenters. The van der Waals surface area contributed by atoms with E-state index in [1.165, 1.54) is 11.1 Å². The van der Waals surface area contributed by atoms with E-state index in [2.05, 4.69) is 54.9 Å². The Labute approximate surface area is 207 Å². The van der Waals surface area contributed by atoms with E-state index in [1.54, 1.807) is 0 Å². The SMILES string of the molecule is Cc1ccc(C(C)C)c(-c2nccn2[C@@H]2CCNC(CC3Cc4c[c]ccc4C3C(N)=O)[C@H]2O)c1. The zero-order chi connectivity index (χ0) is 24.7. The van der Waals surface area contributed by atoms with E-state index in [4.69, 9.17) is 10.7 Å². The summed E-state index contributed by atoms with van der Waals surface area (Å²) in [4.78, 5) is 17.1. The first-order valence-corrected chi connectivity index (χ1v) is 12.7. The number of piperidine rings is 1. The molecule has 1 aromatic heterocycles. The molecule has 1 aliphatic heterocycles. The van der Waals surface area contributed by atoms with Gasteiger partial charge in [-0.25, -0.2) is 4.98 Å². The van der Waals surface area contributed by atoms with Crippen LogP contribution < -0.4 is 11.1 Å². The van der Waals surface area contributed by atoms with Gasteiger partial charge in [-0.1, -0.05) is 49.7 Å². The highest BCUT2D eigenvalue weighted by Gasteiger charge is 2.41. The number of amides is 1. The highest BCUT2D eigenvalue weighted by atomic mass is 16.3. The molecule has 3 aromatic rings. The number of hydrogen-bond donors (Lipinski definition) is 3. The second-order valence-corrected chi connectivity index (χ2v) is 10.5. The third kappa shape index (κ3) is 4.41. The van der Waals surface area contributed by atoms with Crippen LogP contribution in [-0.4, -0.2) is 39.3 Å². The van der Waals surface area contributed by atoms with Crippen LogP contribution in [0.15, 0.2) is 48.8 Å². The van der Waals surface area contributed by atoms with E-state index >= 15 is 0 Å². The molecule has 5 rings (SSSR count). The predicted molar refractivity (Wildman–Crippen MR) is 137 cm³/mol. The van der Waals surface area contributed by atoms with Crippen LogP contribution in [0.3, 0.4) is 0 Å². The minimum absolute atomic E-state index is 0.0655. The number of primary amides is 1. The third-order valence-corrected chi connectivity index (χ3v) is 7.89. The number of carbonyl (C=O) groups excluding carboxylic acids is 1. The topological polar surface area (TPSA) is 93.2 Å². The van der Waals surface area contributed by atoms with Crippen LogP contribution in [-0.2, 0) is 11.2 Å². The number of nitrogens with one attached hydrogen (secondary N) is 1. The number of nitrogens with zero attached hydrogens (tertiary/aromatic N) is 2. The standard InChI is InChI=1S/C29H35N4O2/c1-17(2)21-9-8-18(3)14-23(21)29-32-12-13-33(29)25-10-11-31-24(27(25)34)16-20-15-19-6-4-5-7-22(19)26(20)28(30)35/h5-9,12-14,17,20,24-27,31,34H,10-11,15-16H2,1-3H3,(H2,30,35)/t20?,24?,25-,26?,27-/m1/s1. The van der Waals surface area contributed by atoms with E-state index in [1.807, 2.05) is 30.6 Å². The summed E-state index contributed by atoms with van der Waals surface area (Å²) in [5.74, 6) is 0.725. The van der Waals surface area contributed by atoms with Gasteiger partial charge in [0.25, 0.3) is 0 Å². The fourth-order valence-electron chi connectivity index (χ4n) is 6.20. The molecule has 1 radical (unpaired) electrons. The summed E-state index contributed by atoms with van der Waals surface area (Å²) in [7, 11) is 0. The van der Waals surface area contributed by atoms with Gasteiger partial charge >= 0.3 is 0 Å². The fraction of sp³-hybridized carbons (Fsp3) is 0.448. The van der Waals surface area contributed by atoms with Crippen LogP contribution >= 0.6 is 0 Å². The summed E-state index contributed by atoms with van der Waals surface area (Å²) in [6.45, 7) is 7.29. The zero-order valence-electron chi connectivity index (χ0n) is 20.7. The van der Waals surface area contributed by atoms with E-state index in [0.29, 0.717) is 12.3 Å². The number of carbonyl (C=O) groups is 1. The minimum atomic E-state index is -0.604. The monoisotopic (exact) mass is 471 g/mol. The second-order valence-electron chi connectivity index (χ2n) is 10.5. The number of aliphatic hydroxyl groups is 1. The normalized spacial score (nSPS) is 26.1. The van der Waals surface area contributed by atoms with Crippen LogP contribution in [0.25, 0.3) is 11.4 Å². The van der Waals surface area contributed by atoms with Crippen LogP contribution in [0, 0.1) is 18.9 Å². The van der Waals surface area contributed by atoms with Gasteiger partial charge in [0.2, 0.25) is 5.91 Å². The Morgan fingerprint density at radius 3 is 2.94 bits per heavy atom. The molecule has 1 fully saturated rings. The summed E-state index contributed by atoms with van der Waals surface area (Å²) in [6.07, 6.45) is 5.50. The van der Waals surface area contributed by atoms with Gasteiger partial charge in [0.05, 0.1) is 18.1 Å². The smallest absolute Gasteiger partial charge is 0.225 e. The Bertz CT molecular complexity index is 1220. The molecule has 6 nitrogen and oxygen atoms in total. The lowest BCUT2D eigenvalue weighted by Crippen LogP contribution is -2.51. The van der Waals surface area contributed by atoms with Gasteiger partial charge in [-0.15, -0.1) is 0 Å². The van der Waals surface area contributed by atoms with Crippen LogP contribution in [0.1, 0.15) is 66.8 Å². The van der Waals surface area contributed by atoms with E-state index < -0.39 is 6.10 Å². The highest BCUT2D eigenvalue weighted by molar-refractivity contribution is 5.83. The first kappa shape index (κ1) is 23.8. The summed E-state index contributed by atoms with van der Waals surface area (Å²) in [5.41, 5.74) is 11.6. The number of fused-ring (bicyclic) bond motifs is 1. The Morgan fingerprint density at radius 1 is 1.34 bits per heavy atom. The van der Waals surface area contributed by atoms with Gasteiger partial charge in [-0.2, -0.15) is 0 Å². The van der Waals surface area contributed by atoms with Crippen molar-refractivity contribution in [2.75, 3.05) is 6.54 Å². The maximum Gasteiger partial charge on any atom is 0.225 e.